The number of phenolic OH excluding ortho intramolecular Hbond substituents is 1. The number of carbonyl (C=O) groups is 2. The average molecular weight is 286 g/mol. The molecule has 0 atom stereocenters. The maximum absolute atomic E-state index is 12.1. The Morgan fingerprint density at radius 1 is 0.857 bits per heavy atom. The molecule has 0 aliphatic carbocycles. The Morgan fingerprint density at radius 2 is 1.43 bits per heavy atom. The molecular formula is C16H14O5. The molecule has 0 heterocycles. The number of ether oxygens (including phenoxy) is 2. The van der Waals surface area contributed by atoms with Crippen LogP contribution in [0.2, 0.25) is 0 Å². The van der Waals surface area contributed by atoms with Crippen molar-refractivity contribution in [1.29, 1.82) is 0 Å². The first-order valence-electron chi connectivity index (χ1n) is 6.18. The van der Waals surface area contributed by atoms with Crippen molar-refractivity contribution >= 4 is 11.9 Å². The molecule has 0 saturated heterocycles. The number of phenols is 1. The zero-order chi connectivity index (χ0) is 15.4. The summed E-state index contributed by atoms with van der Waals surface area (Å²) >= 11 is 0. The molecule has 5 heteroatoms. The maximum atomic E-state index is 12.1. The lowest BCUT2D eigenvalue weighted by atomic mass is 9.94. The molecule has 0 fully saturated rings. The minimum atomic E-state index is -0.800. The van der Waals surface area contributed by atoms with Crippen LogP contribution in [0.5, 0.6) is 5.75 Å². The number of esters is 2. The van der Waals surface area contributed by atoms with Gasteiger partial charge in [-0.15, -0.1) is 0 Å². The fraction of sp³-hybridized carbons (Fsp3) is 0.125. The van der Waals surface area contributed by atoms with Crippen molar-refractivity contribution in [2.45, 2.75) is 0 Å². The quantitative estimate of drug-likeness (QED) is 0.878. The monoisotopic (exact) mass is 286 g/mol. The summed E-state index contributed by atoms with van der Waals surface area (Å²) in [5.74, 6) is -1.85. The molecule has 0 amide bonds. The third-order valence-electron chi connectivity index (χ3n) is 3.05. The van der Waals surface area contributed by atoms with Crippen LogP contribution in [0.3, 0.4) is 0 Å². The first-order valence-corrected chi connectivity index (χ1v) is 6.18. The van der Waals surface area contributed by atoms with Crippen LogP contribution in [0, 0.1) is 0 Å². The second kappa shape index (κ2) is 6.09. The number of benzene rings is 2. The summed E-state index contributed by atoms with van der Waals surface area (Å²) < 4.78 is 9.37. The molecule has 108 valence electrons. The van der Waals surface area contributed by atoms with Crippen LogP contribution in [0.1, 0.15) is 20.7 Å². The molecule has 2 aromatic carbocycles. The Labute approximate surface area is 121 Å². The largest absolute Gasteiger partial charge is 0.507 e. The van der Waals surface area contributed by atoms with Crippen molar-refractivity contribution < 1.29 is 24.2 Å². The summed E-state index contributed by atoms with van der Waals surface area (Å²) in [6, 6.07) is 11.9. The van der Waals surface area contributed by atoms with Crippen molar-refractivity contribution in [2.75, 3.05) is 14.2 Å². The van der Waals surface area contributed by atoms with Crippen LogP contribution in [0.4, 0.5) is 0 Å². The number of hydrogen-bond donors (Lipinski definition) is 1. The topological polar surface area (TPSA) is 72.8 Å². The highest BCUT2D eigenvalue weighted by atomic mass is 16.5. The van der Waals surface area contributed by atoms with E-state index >= 15 is 0 Å². The van der Waals surface area contributed by atoms with Gasteiger partial charge in [0.2, 0.25) is 0 Å². The number of methoxy groups -OCH3 is 2. The van der Waals surface area contributed by atoms with E-state index in [4.69, 9.17) is 4.74 Å². The van der Waals surface area contributed by atoms with Gasteiger partial charge in [0.15, 0.2) is 0 Å². The molecule has 0 saturated carbocycles. The molecule has 0 aromatic heterocycles. The van der Waals surface area contributed by atoms with Crippen LogP contribution in [-0.4, -0.2) is 31.3 Å². The van der Waals surface area contributed by atoms with Gasteiger partial charge in [-0.3, -0.25) is 0 Å². The number of hydrogen-bond acceptors (Lipinski definition) is 5. The van der Waals surface area contributed by atoms with Crippen LogP contribution < -0.4 is 0 Å². The van der Waals surface area contributed by atoms with Gasteiger partial charge in [0.05, 0.1) is 19.8 Å². The van der Waals surface area contributed by atoms with Crippen LogP contribution in [-0.2, 0) is 9.47 Å². The summed E-state index contributed by atoms with van der Waals surface area (Å²) in [6.45, 7) is 0. The van der Waals surface area contributed by atoms with E-state index in [0.29, 0.717) is 5.56 Å². The van der Waals surface area contributed by atoms with Gasteiger partial charge in [0.25, 0.3) is 0 Å². The van der Waals surface area contributed by atoms with E-state index in [2.05, 4.69) is 4.74 Å². The molecule has 21 heavy (non-hydrogen) atoms. The molecule has 2 rings (SSSR count). The van der Waals surface area contributed by atoms with E-state index in [9.17, 15) is 14.7 Å². The van der Waals surface area contributed by atoms with Crippen molar-refractivity contribution in [3.05, 3.63) is 53.6 Å². The first-order chi connectivity index (χ1) is 10.1. The molecule has 5 nitrogen and oxygen atoms in total. The Bertz CT molecular complexity index is 677. The second-order valence-corrected chi connectivity index (χ2v) is 4.23. The minimum Gasteiger partial charge on any atom is -0.507 e. The Balaban J connectivity index is 2.77. The van der Waals surface area contributed by atoms with Gasteiger partial charge < -0.3 is 14.6 Å². The predicted molar refractivity (Wildman–Crippen MR) is 76.2 cm³/mol. The van der Waals surface area contributed by atoms with E-state index in [1.54, 1.807) is 30.3 Å². The fourth-order valence-corrected chi connectivity index (χ4v) is 2.07. The lowest BCUT2D eigenvalue weighted by molar-refractivity contribution is 0.0553. The smallest absolute Gasteiger partial charge is 0.342 e. The Morgan fingerprint density at radius 3 is 2.00 bits per heavy atom. The molecule has 0 aliphatic rings. The lowest BCUT2D eigenvalue weighted by Crippen LogP contribution is -2.13. The van der Waals surface area contributed by atoms with Gasteiger partial charge in [-0.25, -0.2) is 9.59 Å². The molecule has 0 aliphatic heterocycles. The predicted octanol–water partition coefficient (Wildman–Crippen LogP) is 2.63. The van der Waals surface area contributed by atoms with Crippen molar-refractivity contribution in [1.82, 2.24) is 0 Å². The zero-order valence-electron chi connectivity index (χ0n) is 11.6. The minimum absolute atomic E-state index is 0.0180. The van der Waals surface area contributed by atoms with Crippen molar-refractivity contribution in [3.63, 3.8) is 0 Å². The summed E-state index contributed by atoms with van der Waals surface area (Å²) in [5, 5.41) is 9.90. The van der Waals surface area contributed by atoms with E-state index < -0.39 is 11.9 Å². The fourth-order valence-electron chi connectivity index (χ4n) is 2.07. The van der Waals surface area contributed by atoms with Gasteiger partial charge in [-0.2, -0.15) is 0 Å². The standard InChI is InChI=1S/C16H14O5/c1-20-15(18)13-11(10-6-4-3-5-7-10)8-9-12(17)14(13)16(19)21-2/h3-9,17H,1-2H3. The molecule has 0 bridgehead atoms. The lowest BCUT2D eigenvalue weighted by Gasteiger charge is -2.13. The Hall–Kier alpha value is -2.82. The second-order valence-electron chi connectivity index (χ2n) is 4.23. The van der Waals surface area contributed by atoms with Crippen LogP contribution in [0.15, 0.2) is 42.5 Å². The molecule has 0 radical (unpaired) electrons. The van der Waals surface area contributed by atoms with Gasteiger partial charge in [0, 0.05) is 0 Å². The molecule has 0 spiro atoms. The zero-order valence-corrected chi connectivity index (χ0v) is 11.6. The Kier molecular flexibility index (Phi) is 4.23. The molecular weight excluding hydrogens is 272 g/mol. The summed E-state index contributed by atoms with van der Waals surface area (Å²) in [5.41, 5.74) is 0.991. The SMILES string of the molecule is COC(=O)c1c(O)ccc(-c2ccccc2)c1C(=O)OC. The maximum Gasteiger partial charge on any atom is 0.342 e. The van der Waals surface area contributed by atoms with Crippen molar-refractivity contribution in [2.24, 2.45) is 0 Å². The number of carbonyl (C=O) groups excluding carboxylic acids is 2. The normalized spacial score (nSPS) is 10.0. The molecule has 1 N–H and O–H groups in total. The number of rotatable bonds is 3. The van der Waals surface area contributed by atoms with E-state index in [-0.39, 0.29) is 16.9 Å². The van der Waals surface area contributed by atoms with Crippen LogP contribution >= 0.6 is 0 Å². The highest BCUT2D eigenvalue weighted by Gasteiger charge is 2.26. The van der Waals surface area contributed by atoms with E-state index in [1.165, 1.54) is 20.3 Å². The average Bonchev–Trinajstić information content (AvgIpc) is 2.53. The molecule has 0 unspecified atom stereocenters. The van der Waals surface area contributed by atoms with Crippen molar-refractivity contribution in [3.8, 4) is 16.9 Å². The van der Waals surface area contributed by atoms with Gasteiger partial charge in [-0.05, 0) is 23.3 Å². The summed E-state index contributed by atoms with van der Waals surface area (Å²) in [6.07, 6.45) is 0. The van der Waals surface area contributed by atoms with E-state index in [0.717, 1.165) is 5.56 Å². The molecule has 2 aromatic rings. The summed E-state index contributed by atoms with van der Waals surface area (Å²) in [4.78, 5) is 23.9. The highest BCUT2D eigenvalue weighted by molar-refractivity contribution is 6.09. The summed E-state index contributed by atoms with van der Waals surface area (Å²) in [7, 11) is 2.39. The van der Waals surface area contributed by atoms with Gasteiger partial charge >= 0.3 is 11.9 Å². The van der Waals surface area contributed by atoms with Gasteiger partial charge in [0.1, 0.15) is 11.3 Å². The van der Waals surface area contributed by atoms with Crippen LogP contribution in [0.25, 0.3) is 11.1 Å². The van der Waals surface area contributed by atoms with E-state index in [1.807, 2.05) is 6.07 Å². The third kappa shape index (κ3) is 2.72. The third-order valence-corrected chi connectivity index (χ3v) is 3.05. The number of aromatic hydroxyl groups is 1. The first kappa shape index (κ1) is 14.6. The van der Waals surface area contributed by atoms with Gasteiger partial charge in [-0.1, -0.05) is 30.3 Å². The highest BCUT2D eigenvalue weighted by Crippen LogP contribution is 2.32.